The molecule has 0 amide bonds. The van der Waals surface area contributed by atoms with Gasteiger partial charge in [-0.2, -0.15) is 0 Å². The largest absolute Gasteiger partial charge is 0.497 e. The van der Waals surface area contributed by atoms with E-state index < -0.39 is 5.82 Å². The van der Waals surface area contributed by atoms with E-state index in [1.807, 2.05) is 6.92 Å². The lowest BCUT2D eigenvalue weighted by Crippen LogP contribution is -2.04. The van der Waals surface area contributed by atoms with Crippen LogP contribution in [0, 0.1) is 5.82 Å². The zero-order chi connectivity index (χ0) is 13.0. The number of ether oxygens (including phenoxy) is 1. The van der Waals surface area contributed by atoms with Crippen molar-refractivity contribution in [3.8, 4) is 17.0 Å². The summed E-state index contributed by atoms with van der Waals surface area (Å²) in [6, 6.07) is 7.06. The third kappa shape index (κ3) is 2.56. The summed E-state index contributed by atoms with van der Waals surface area (Å²) >= 11 is 0. The van der Waals surface area contributed by atoms with Gasteiger partial charge in [-0.3, -0.25) is 0 Å². The topological polar surface area (TPSA) is 47.0 Å². The van der Waals surface area contributed by atoms with Crippen molar-refractivity contribution in [1.29, 1.82) is 0 Å². The van der Waals surface area contributed by atoms with Crippen molar-refractivity contribution >= 4 is 5.95 Å². The molecule has 0 spiro atoms. The van der Waals surface area contributed by atoms with Crippen molar-refractivity contribution in [2.75, 3.05) is 19.0 Å². The minimum atomic E-state index is -0.443. The van der Waals surface area contributed by atoms with Gasteiger partial charge in [-0.25, -0.2) is 14.4 Å². The van der Waals surface area contributed by atoms with Gasteiger partial charge in [0.05, 0.1) is 13.3 Å². The average Bonchev–Trinajstić information content (AvgIpc) is 2.41. The van der Waals surface area contributed by atoms with Gasteiger partial charge in [-0.15, -0.1) is 0 Å². The van der Waals surface area contributed by atoms with Crippen LogP contribution in [0.1, 0.15) is 6.92 Å². The maximum atomic E-state index is 13.7. The molecule has 1 aromatic carbocycles. The molecule has 0 saturated heterocycles. The first-order valence-corrected chi connectivity index (χ1v) is 5.65. The van der Waals surface area contributed by atoms with Crippen molar-refractivity contribution < 1.29 is 9.13 Å². The molecule has 0 radical (unpaired) electrons. The van der Waals surface area contributed by atoms with Gasteiger partial charge in [-0.1, -0.05) is 0 Å². The van der Waals surface area contributed by atoms with E-state index >= 15 is 0 Å². The number of hydrogen-bond donors (Lipinski definition) is 1. The van der Waals surface area contributed by atoms with E-state index in [-0.39, 0.29) is 5.69 Å². The van der Waals surface area contributed by atoms with Crippen LogP contribution >= 0.6 is 0 Å². The zero-order valence-electron chi connectivity index (χ0n) is 10.3. The third-order valence-corrected chi connectivity index (χ3v) is 2.44. The van der Waals surface area contributed by atoms with Crippen LogP contribution in [0.5, 0.6) is 5.75 Å². The number of benzene rings is 1. The Kier molecular flexibility index (Phi) is 3.72. The summed E-state index contributed by atoms with van der Waals surface area (Å²) in [7, 11) is 1.59. The van der Waals surface area contributed by atoms with Gasteiger partial charge in [0.1, 0.15) is 11.4 Å². The predicted molar refractivity (Wildman–Crippen MR) is 68.1 cm³/mol. The molecule has 0 aliphatic rings. The van der Waals surface area contributed by atoms with Crippen molar-refractivity contribution in [1.82, 2.24) is 9.97 Å². The normalized spacial score (nSPS) is 10.2. The highest BCUT2D eigenvalue weighted by Gasteiger charge is 2.09. The maximum Gasteiger partial charge on any atom is 0.223 e. The molecule has 0 unspecified atom stereocenters. The first kappa shape index (κ1) is 12.3. The molecule has 1 N–H and O–H groups in total. The van der Waals surface area contributed by atoms with Crippen molar-refractivity contribution in [3.05, 3.63) is 36.3 Å². The molecular formula is C13H14FN3O. The Balaban J connectivity index is 2.38. The number of halogens is 1. The maximum absolute atomic E-state index is 13.7. The second-order valence-corrected chi connectivity index (χ2v) is 3.65. The average molecular weight is 247 g/mol. The summed E-state index contributed by atoms with van der Waals surface area (Å²) < 4.78 is 18.8. The smallest absolute Gasteiger partial charge is 0.223 e. The highest BCUT2D eigenvalue weighted by atomic mass is 19.1. The molecule has 5 heteroatoms. The molecule has 1 aromatic heterocycles. The van der Waals surface area contributed by atoms with E-state index in [0.717, 1.165) is 5.75 Å². The fraction of sp³-hybridized carbons (Fsp3) is 0.231. The Morgan fingerprint density at radius 3 is 2.61 bits per heavy atom. The van der Waals surface area contributed by atoms with Gasteiger partial charge in [0.25, 0.3) is 0 Å². The van der Waals surface area contributed by atoms with Crippen LogP contribution in [0.25, 0.3) is 11.3 Å². The molecule has 18 heavy (non-hydrogen) atoms. The monoisotopic (exact) mass is 247 g/mol. The summed E-state index contributed by atoms with van der Waals surface area (Å²) in [6.45, 7) is 2.62. The van der Waals surface area contributed by atoms with E-state index in [1.54, 1.807) is 31.4 Å². The van der Waals surface area contributed by atoms with Crippen LogP contribution < -0.4 is 10.1 Å². The van der Waals surface area contributed by atoms with Crippen LogP contribution in [0.15, 0.2) is 30.5 Å². The Hall–Kier alpha value is -2.17. The lowest BCUT2D eigenvalue weighted by Gasteiger charge is -2.06. The van der Waals surface area contributed by atoms with Gasteiger partial charge < -0.3 is 10.1 Å². The van der Waals surface area contributed by atoms with E-state index in [9.17, 15) is 4.39 Å². The fourth-order valence-electron chi connectivity index (χ4n) is 1.56. The molecule has 2 rings (SSSR count). The Bertz CT molecular complexity index is 528. The van der Waals surface area contributed by atoms with Gasteiger partial charge in [-0.05, 0) is 31.2 Å². The molecule has 0 aliphatic carbocycles. The minimum Gasteiger partial charge on any atom is -0.497 e. The van der Waals surface area contributed by atoms with Crippen molar-refractivity contribution in [2.24, 2.45) is 0 Å². The lowest BCUT2D eigenvalue weighted by atomic mass is 10.1. The van der Waals surface area contributed by atoms with Crippen LogP contribution in [0.3, 0.4) is 0 Å². The van der Waals surface area contributed by atoms with E-state index in [0.29, 0.717) is 18.1 Å². The number of hydrogen-bond acceptors (Lipinski definition) is 4. The Labute approximate surface area is 105 Å². The SMILES string of the molecule is CCNc1ncc(F)c(-c2ccc(OC)cc2)n1. The molecule has 4 nitrogen and oxygen atoms in total. The molecule has 94 valence electrons. The van der Waals surface area contributed by atoms with E-state index in [1.165, 1.54) is 6.20 Å². The summed E-state index contributed by atoms with van der Waals surface area (Å²) in [5.41, 5.74) is 0.971. The molecule has 0 atom stereocenters. The second-order valence-electron chi connectivity index (χ2n) is 3.65. The summed E-state index contributed by atoms with van der Waals surface area (Å²) in [5, 5.41) is 2.95. The lowest BCUT2D eigenvalue weighted by molar-refractivity contribution is 0.415. The Morgan fingerprint density at radius 2 is 2.00 bits per heavy atom. The molecule has 2 aromatic rings. The number of nitrogens with one attached hydrogen (secondary N) is 1. The molecule has 0 bridgehead atoms. The number of methoxy groups -OCH3 is 1. The zero-order valence-corrected chi connectivity index (χ0v) is 10.3. The standard InChI is InChI=1S/C13H14FN3O/c1-3-15-13-16-8-11(14)12(17-13)9-4-6-10(18-2)7-5-9/h4-8H,3H2,1-2H3,(H,15,16,17). The molecular weight excluding hydrogens is 233 g/mol. The van der Waals surface area contributed by atoms with Gasteiger partial charge in [0, 0.05) is 12.1 Å². The third-order valence-electron chi connectivity index (χ3n) is 2.44. The van der Waals surface area contributed by atoms with Gasteiger partial charge >= 0.3 is 0 Å². The van der Waals surface area contributed by atoms with Gasteiger partial charge in [0.2, 0.25) is 5.95 Å². The molecule has 0 aliphatic heterocycles. The molecule has 1 heterocycles. The van der Waals surface area contributed by atoms with Crippen LogP contribution in [-0.2, 0) is 0 Å². The highest BCUT2D eigenvalue weighted by Crippen LogP contribution is 2.23. The van der Waals surface area contributed by atoms with Gasteiger partial charge in [0.15, 0.2) is 5.82 Å². The molecule has 0 fully saturated rings. The molecule has 0 saturated carbocycles. The van der Waals surface area contributed by atoms with E-state index in [4.69, 9.17) is 4.74 Å². The first-order chi connectivity index (χ1) is 8.74. The Morgan fingerprint density at radius 1 is 1.28 bits per heavy atom. The number of nitrogens with zero attached hydrogens (tertiary/aromatic N) is 2. The predicted octanol–water partition coefficient (Wildman–Crippen LogP) is 2.72. The minimum absolute atomic E-state index is 0.281. The highest BCUT2D eigenvalue weighted by molar-refractivity contribution is 5.61. The summed E-state index contributed by atoms with van der Waals surface area (Å²) in [5.74, 6) is 0.701. The van der Waals surface area contributed by atoms with Crippen LogP contribution in [0.2, 0.25) is 0 Å². The number of rotatable bonds is 4. The second kappa shape index (κ2) is 5.44. The van der Waals surface area contributed by atoms with Crippen LogP contribution in [-0.4, -0.2) is 23.6 Å². The summed E-state index contributed by atoms with van der Waals surface area (Å²) in [4.78, 5) is 8.02. The fourth-order valence-corrected chi connectivity index (χ4v) is 1.56. The van der Waals surface area contributed by atoms with Crippen molar-refractivity contribution in [2.45, 2.75) is 6.92 Å². The first-order valence-electron chi connectivity index (χ1n) is 5.65. The van der Waals surface area contributed by atoms with E-state index in [2.05, 4.69) is 15.3 Å². The summed E-state index contributed by atoms with van der Waals surface area (Å²) in [6.07, 6.45) is 1.17. The number of aromatic nitrogens is 2. The number of anilines is 1. The van der Waals surface area contributed by atoms with Crippen LogP contribution in [0.4, 0.5) is 10.3 Å². The quantitative estimate of drug-likeness (QED) is 0.902. The van der Waals surface area contributed by atoms with Crippen molar-refractivity contribution in [3.63, 3.8) is 0 Å².